The molecule has 266 valence electrons. The summed E-state index contributed by atoms with van der Waals surface area (Å²) < 4.78 is 4.89. The average Bonchev–Trinajstić information content (AvgIpc) is 3.80. The lowest BCUT2D eigenvalue weighted by Crippen LogP contribution is -2.05. The van der Waals surface area contributed by atoms with E-state index in [0.717, 1.165) is 49.9 Å². The van der Waals surface area contributed by atoms with Gasteiger partial charge in [0.1, 0.15) is 5.65 Å². The predicted molar refractivity (Wildman–Crippen MR) is 234 cm³/mol. The molecular formula is C51H31N5S. The zero-order valence-corrected chi connectivity index (χ0v) is 31.4. The third kappa shape index (κ3) is 5.01. The van der Waals surface area contributed by atoms with Gasteiger partial charge in [-0.05, 0) is 76.5 Å². The Bertz CT molecular complexity index is 3380. The minimum absolute atomic E-state index is 0.626. The summed E-state index contributed by atoms with van der Waals surface area (Å²) in [6.07, 6.45) is 0. The average molecular weight is 746 g/mol. The first-order valence-corrected chi connectivity index (χ1v) is 19.9. The summed E-state index contributed by atoms with van der Waals surface area (Å²) in [6.45, 7) is 0. The maximum Gasteiger partial charge on any atom is 0.164 e. The van der Waals surface area contributed by atoms with E-state index in [4.69, 9.17) is 15.0 Å². The van der Waals surface area contributed by atoms with Crippen LogP contribution in [0.3, 0.4) is 0 Å². The highest BCUT2D eigenvalue weighted by Crippen LogP contribution is 2.49. The van der Waals surface area contributed by atoms with Crippen LogP contribution in [0.1, 0.15) is 0 Å². The van der Waals surface area contributed by atoms with E-state index in [1.165, 1.54) is 42.7 Å². The molecule has 0 amide bonds. The van der Waals surface area contributed by atoms with Crippen molar-refractivity contribution in [3.63, 3.8) is 0 Å². The molecule has 0 saturated carbocycles. The Morgan fingerprint density at radius 1 is 0.404 bits per heavy atom. The second-order valence-electron chi connectivity index (χ2n) is 14.4. The molecule has 1 aliphatic heterocycles. The van der Waals surface area contributed by atoms with Gasteiger partial charge in [0.2, 0.25) is 0 Å². The van der Waals surface area contributed by atoms with E-state index in [-0.39, 0.29) is 0 Å². The maximum absolute atomic E-state index is 5.19. The predicted octanol–water partition coefficient (Wildman–Crippen LogP) is 13.2. The van der Waals surface area contributed by atoms with Crippen molar-refractivity contribution in [3.8, 4) is 56.7 Å². The third-order valence-corrected chi connectivity index (χ3v) is 12.3. The van der Waals surface area contributed by atoms with Crippen LogP contribution in [-0.4, -0.2) is 24.1 Å². The molecule has 12 rings (SSSR count). The minimum atomic E-state index is 0.626. The molecule has 57 heavy (non-hydrogen) atoms. The van der Waals surface area contributed by atoms with Gasteiger partial charge in [0, 0.05) is 48.3 Å². The second kappa shape index (κ2) is 12.6. The SMILES string of the molecule is c1ccc(-c2cccc(-c3nc(-c4ccc(-n5c6ccccc6c6c7cccc8c7n(c65)-c5ccccc5S8)cc4)nc(-c4cccc5ccccc45)n3)c2)cc1. The molecule has 0 spiro atoms. The molecule has 4 heterocycles. The number of aromatic nitrogens is 5. The van der Waals surface area contributed by atoms with Crippen molar-refractivity contribution < 1.29 is 0 Å². The number of rotatable bonds is 5. The van der Waals surface area contributed by atoms with E-state index in [0.29, 0.717) is 17.5 Å². The van der Waals surface area contributed by atoms with Crippen LogP contribution in [0, 0.1) is 0 Å². The zero-order chi connectivity index (χ0) is 37.5. The number of hydrogen-bond donors (Lipinski definition) is 0. The van der Waals surface area contributed by atoms with E-state index in [1.807, 2.05) is 17.8 Å². The highest BCUT2D eigenvalue weighted by atomic mass is 32.2. The van der Waals surface area contributed by atoms with Gasteiger partial charge in [0.15, 0.2) is 17.5 Å². The first-order chi connectivity index (χ1) is 28.3. The lowest BCUT2D eigenvalue weighted by Gasteiger charge is -2.21. The normalized spacial score (nSPS) is 12.1. The Balaban J connectivity index is 1.05. The molecule has 0 saturated heterocycles. The molecule has 1 aliphatic rings. The van der Waals surface area contributed by atoms with E-state index >= 15 is 0 Å². The van der Waals surface area contributed by atoms with Gasteiger partial charge in [0.05, 0.1) is 16.7 Å². The molecule has 0 bridgehead atoms. The molecule has 8 aromatic carbocycles. The lowest BCUT2D eigenvalue weighted by molar-refractivity contribution is 1.03. The number of fused-ring (bicyclic) bond motifs is 8. The fourth-order valence-corrected chi connectivity index (χ4v) is 9.68. The summed E-state index contributed by atoms with van der Waals surface area (Å²) in [4.78, 5) is 18.0. The fraction of sp³-hybridized carbons (Fsp3) is 0. The molecule has 0 unspecified atom stereocenters. The topological polar surface area (TPSA) is 48.5 Å². The maximum atomic E-state index is 5.19. The molecular weight excluding hydrogens is 715 g/mol. The largest absolute Gasteiger partial charge is 0.295 e. The van der Waals surface area contributed by atoms with Crippen molar-refractivity contribution in [2.24, 2.45) is 0 Å². The quantitative estimate of drug-likeness (QED) is 0.176. The van der Waals surface area contributed by atoms with Crippen molar-refractivity contribution in [1.82, 2.24) is 24.1 Å². The Morgan fingerprint density at radius 3 is 1.93 bits per heavy atom. The van der Waals surface area contributed by atoms with Gasteiger partial charge in [0.25, 0.3) is 0 Å². The van der Waals surface area contributed by atoms with E-state index in [9.17, 15) is 0 Å². The van der Waals surface area contributed by atoms with Crippen molar-refractivity contribution in [3.05, 3.63) is 188 Å². The Kier molecular flexibility index (Phi) is 7.09. The Labute approximate surface area is 332 Å². The van der Waals surface area contributed by atoms with Crippen LogP contribution >= 0.6 is 11.8 Å². The van der Waals surface area contributed by atoms with Gasteiger partial charge in [-0.2, -0.15) is 0 Å². The summed E-state index contributed by atoms with van der Waals surface area (Å²) in [5.74, 6) is 1.90. The third-order valence-electron chi connectivity index (χ3n) is 11.2. The van der Waals surface area contributed by atoms with Crippen LogP contribution in [-0.2, 0) is 0 Å². The Hall–Kier alpha value is -7.28. The number of hydrogen-bond acceptors (Lipinski definition) is 4. The van der Waals surface area contributed by atoms with Crippen LogP contribution in [0.5, 0.6) is 0 Å². The molecule has 3 aromatic heterocycles. The summed E-state index contributed by atoms with van der Waals surface area (Å²) >= 11 is 1.85. The van der Waals surface area contributed by atoms with Crippen LogP contribution < -0.4 is 0 Å². The highest BCUT2D eigenvalue weighted by molar-refractivity contribution is 7.99. The number of nitrogens with zero attached hydrogens (tertiary/aromatic N) is 5. The van der Waals surface area contributed by atoms with E-state index < -0.39 is 0 Å². The molecule has 11 aromatic rings. The number of benzene rings is 8. The monoisotopic (exact) mass is 745 g/mol. The standard InChI is InChI=1S/C51H31N5S/c1-2-13-32(14-3-1)35-17-10-18-36(31-35)49-52-48(53-50(54-49)39-21-11-16-33-15-4-5-19-38(33)39)34-27-29-37(30-28-34)55-42-23-7-6-20-40(42)46-41-22-12-26-45-47(41)56(51(46)55)43-24-8-9-25-44(43)57-45/h1-31H. The summed E-state index contributed by atoms with van der Waals surface area (Å²) in [7, 11) is 0. The van der Waals surface area contributed by atoms with Crippen molar-refractivity contribution in [1.29, 1.82) is 0 Å². The first kappa shape index (κ1) is 32.0. The van der Waals surface area contributed by atoms with Crippen molar-refractivity contribution >= 4 is 55.4 Å². The molecule has 0 aliphatic carbocycles. The van der Waals surface area contributed by atoms with Crippen LogP contribution in [0.4, 0.5) is 0 Å². The summed E-state index contributed by atoms with van der Waals surface area (Å²) in [5, 5.41) is 6.02. The molecule has 0 radical (unpaired) electrons. The van der Waals surface area contributed by atoms with Gasteiger partial charge in [-0.25, -0.2) is 15.0 Å². The molecule has 0 atom stereocenters. The van der Waals surface area contributed by atoms with Crippen LogP contribution in [0.15, 0.2) is 198 Å². The zero-order valence-electron chi connectivity index (χ0n) is 30.5. The Morgan fingerprint density at radius 2 is 1.04 bits per heavy atom. The van der Waals surface area contributed by atoms with Crippen LogP contribution in [0.2, 0.25) is 0 Å². The summed E-state index contributed by atoms with van der Waals surface area (Å²) in [6, 6.07) is 66.5. The van der Waals surface area contributed by atoms with E-state index in [2.05, 4.69) is 191 Å². The lowest BCUT2D eigenvalue weighted by atomic mass is 10.0. The smallest absolute Gasteiger partial charge is 0.164 e. The van der Waals surface area contributed by atoms with Gasteiger partial charge >= 0.3 is 0 Å². The van der Waals surface area contributed by atoms with Crippen molar-refractivity contribution in [2.75, 3.05) is 0 Å². The number of para-hydroxylation sites is 3. The van der Waals surface area contributed by atoms with Crippen molar-refractivity contribution in [2.45, 2.75) is 9.79 Å². The van der Waals surface area contributed by atoms with Gasteiger partial charge in [-0.3, -0.25) is 9.13 Å². The van der Waals surface area contributed by atoms with Crippen LogP contribution in [0.25, 0.3) is 100 Å². The first-order valence-electron chi connectivity index (χ1n) is 19.1. The highest BCUT2D eigenvalue weighted by Gasteiger charge is 2.27. The fourth-order valence-electron chi connectivity index (χ4n) is 8.59. The van der Waals surface area contributed by atoms with Gasteiger partial charge < -0.3 is 0 Å². The second-order valence-corrected chi connectivity index (χ2v) is 15.5. The van der Waals surface area contributed by atoms with E-state index in [1.54, 1.807) is 0 Å². The molecule has 6 heteroatoms. The molecule has 0 N–H and O–H groups in total. The molecule has 5 nitrogen and oxygen atoms in total. The molecule has 0 fully saturated rings. The summed E-state index contributed by atoms with van der Waals surface area (Å²) in [5.41, 5.74) is 11.0. The minimum Gasteiger partial charge on any atom is -0.295 e. The van der Waals surface area contributed by atoms with Gasteiger partial charge in [-0.1, -0.05) is 145 Å². The van der Waals surface area contributed by atoms with Gasteiger partial charge in [-0.15, -0.1) is 0 Å².